The lowest BCUT2D eigenvalue weighted by molar-refractivity contribution is 0.176. The summed E-state index contributed by atoms with van der Waals surface area (Å²) < 4.78 is 0. The van der Waals surface area contributed by atoms with E-state index in [9.17, 15) is 5.11 Å². The topological polar surface area (TPSA) is 32.3 Å². The Morgan fingerprint density at radius 1 is 1.17 bits per heavy atom. The van der Waals surface area contributed by atoms with E-state index in [1.807, 2.05) is 18.2 Å². The molecule has 0 radical (unpaired) electrons. The van der Waals surface area contributed by atoms with Gasteiger partial charge in [-0.1, -0.05) is 36.4 Å². The fraction of sp³-hybridized carbons (Fsp3) is 0.333. The van der Waals surface area contributed by atoms with Crippen LogP contribution in [-0.2, 0) is 0 Å². The molecule has 0 aliphatic rings. The van der Waals surface area contributed by atoms with E-state index in [0.717, 1.165) is 17.9 Å². The molecule has 1 atom stereocenters. The van der Waals surface area contributed by atoms with Crippen molar-refractivity contribution in [1.29, 1.82) is 0 Å². The minimum atomic E-state index is -0.434. The maximum atomic E-state index is 10.1. The molecule has 2 nitrogen and oxygen atoms in total. The minimum Gasteiger partial charge on any atom is -0.387 e. The van der Waals surface area contributed by atoms with Gasteiger partial charge in [0.15, 0.2) is 0 Å². The van der Waals surface area contributed by atoms with Crippen LogP contribution in [0.1, 0.15) is 11.7 Å². The second-order valence-electron chi connectivity index (χ2n) is 4.32. The van der Waals surface area contributed by atoms with Gasteiger partial charge in [0.25, 0.3) is 0 Å². The Hall–Kier alpha value is -1.03. The van der Waals surface area contributed by atoms with Crippen molar-refractivity contribution in [1.82, 2.24) is 5.32 Å². The lowest BCUT2D eigenvalue weighted by Crippen LogP contribution is -2.23. The molecule has 2 N–H and O–H groups in total. The lowest BCUT2D eigenvalue weighted by atomic mass is 10.0. The Morgan fingerprint density at radius 3 is 2.72 bits per heavy atom. The number of thioether (sulfide) groups is 1. The highest BCUT2D eigenvalue weighted by atomic mass is 32.2. The van der Waals surface area contributed by atoms with Crippen LogP contribution in [0.4, 0.5) is 0 Å². The first-order chi connectivity index (χ1) is 8.81. The standard InChI is InChI=1S/C15H19NOS/c1-18-9-8-16-11-15(17)14-7-6-12-4-2-3-5-13(12)10-14/h2-7,10,15-17H,8-9,11H2,1H3. The zero-order chi connectivity index (χ0) is 12.8. The van der Waals surface area contributed by atoms with Gasteiger partial charge in [0.1, 0.15) is 0 Å². The highest BCUT2D eigenvalue weighted by molar-refractivity contribution is 7.98. The van der Waals surface area contributed by atoms with E-state index < -0.39 is 6.10 Å². The summed E-state index contributed by atoms with van der Waals surface area (Å²) in [6.45, 7) is 1.55. The monoisotopic (exact) mass is 261 g/mol. The highest BCUT2D eigenvalue weighted by Gasteiger charge is 2.07. The summed E-state index contributed by atoms with van der Waals surface area (Å²) in [5, 5.41) is 15.8. The molecule has 0 aromatic heterocycles. The van der Waals surface area contributed by atoms with Gasteiger partial charge >= 0.3 is 0 Å². The molecular weight excluding hydrogens is 242 g/mol. The van der Waals surface area contributed by atoms with Crippen LogP contribution in [0.15, 0.2) is 42.5 Å². The number of fused-ring (bicyclic) bond motifs is 1. The molecule has 3 heteroatoms. The van der Waals surface area contributed by atoms with Crippen LogP contribution >= 0.6 is 11.8 Å². The fourth-order valence-electron chi connectivity index (χ4n) is 1.95. The zero-order valence-electron chi connectivity index (χ0n) is 10.6. The number of hydrogen-bond acceptors (Lipinski definition) is 3. The molecule has 2 rings (SSSR count). The fourth-order valence-corrected chi connectivity index (χ4v) is 2.29. The van der Waals surface area contributed by atoms with Gasteiger partial charge in [0, 0.05) is 18.8 Å². The molecule has 2 aromatic rings. The summed E-state index contributed by atoms with van der Waals surface area (Å²) in [7, 11) is 0. The summed E-state index contributed by atoms with van der Waals surface area (Å²) in [5.74, 6) is 1.07. The van der Waals surface area contributed by atoms with Crippen molar-refractivity contribution in [2.24, 2.45) is 0 Å². The lowest BCUT2D eigenvalue weighted by Gasteiger charge is -2.12. The van der Waals surface area contributed by atoms with Gasteiger partial charge in [0.2, 0.25) is 0 Å². The van der Waals surface area contributed by atoms with Gasteiger partial charge < -0.3 is 10.4 Å². The Bertz CT molecular complexity index is 501. The van der Waals surface area contributed by atoms with Gasteiger partial charge in [0.05, 0.1) is 6.10 Å². The van der Waals surface area contributed by atoms with E-state index >= 15 is 0 Å². The number of rotatable bonds is 6. The summed E-state index contributed by atoms with van der Waals surface area (Å²) in [6, 6.07) is 14.3. The molecule has 0 spiro atoms. The number of aliphatic hydroxyl groups excluding tert-OH is 1. The average molecular weight is 261 g/mol. The van der Waals surface area contributed by atoms with Crippen LogP contribution in [0.25, 0.3) is 10.8 Å². The Morgan fingerprint density at radius 2 is 1.94 bits per heavy atom. The minimum absolute atomic E-state index is 0.434. The average Bonchev–Trinajstić information content (AvgIpc) is 2.43. The summed E-state index contributed by atoms with van der Waals surface area (Å²) in [6.07, 6.45) is 1.65. The van der Waals surface area contributed by atoms with Crippen LogP contribution in [0.3, 0.4) is 0 Å². The van der Waals surface area contributed by atoms with Crippen LogP contribution in [-0.4, -0.2) is 30.2 Å². The Labute approximate surface area is 112 Å². The van der Waals surface area contributed by atoms with Crippen molar-refractivity contribution in [3.05, 3.63) is 48.0 Å². The van der Waals surface area contributed by atoms with Gasteiger partial charge in [-0.15, -0.1) is 0 Å². The second-order valence-corrected chi connectivity index (χ2v) is 5.30. The number of hydrogen-bond donors (Lipinski definition) is 2. The van der Waals surface area contributed by atoms with Gasteiger partial charge in [-0.25, -0.2) is 0 Å². The molecule has 0 fully saturated rings. The Kier molecular flexibility index (Phi) is 5.05. The molecule has 0 heterocycles. The van der Waals surface area contributed by atoms with E-state index in [0.29, 0.717) is 6.54 Å². The van der Waals surface area contributed by atoms with E-state index in [1.54, 1.807) is 11.8 Å². The SMILES string of the molecule is CSCCNCC(O)c1ccc2ccccc2c1. The third-order valence-electron chi connectivity index (χ3n) is 2.98. The van der Waals surface area contributed by atoms with Crippen molar-refractivity contribution >= 4 is 22.5 Å². The van der Waals surface area contributed by atoms with Gasteiger partial charge in [-0.3, -0.25) is 0 Å². The molecule has 96 valence electrons. The third-order valence-corrected chi connectivity index (χ3v) is 3.59. The predicted octanol–water partition coefficient (Wildman–Crippen LogP) is 2.83. The van der Waals surface area contributed by atoms with Crippen molar-refractivity contribution in [3.63, 3.8) is 0 Å². The van der Waals surface area contributed by atoms with Gasteiger partial charge in [-0.05, 0) is 28.7 Å². The molecule has 0 saturated heterocycles. The van der Waals surface area contributed by atoms with E-state index in [2.05, 4.69) is 35.8 Å². The van der Waals surface area contributed by atoms with Crippen molar-refractivity contribution in [2.45, 2.75) is 6.10 Å². The van der Waals surface area contributed by atoms with E-state index in [-0.39, 0.29) is 0 Å². The molecular formula is C15H19NOS. The normalized spacial score (nSPS) is 12.8. The molecule has 2 aromatic carbocycles. The van der Waals surface area contributed by atoms with Crippen molar-refractivity contribution in [2.75, 3.05) is 25.1 Å². The first-order valence-corrected chi connectivity index (χ1v) is 7.57. The number of aliphatic hydroxyl groups is 1. The van der Waals surface area contributed by atoms with Crippen LogP contribution in [0.2, 0.25) is 0 Å². The molecule has 0 amide bonds. The van der Waals surface area contributed by atoms with Crippen molar-refractivity contribution < 1.29 is 5.11 Å². The summed E-state index contributed by atoms with van der Waals surface area (Å²) in [4.78, 5) is 0. The predicted molar refractivity (Wildman–Crippen MR) is 80.2 cm³/mol. The number of nitrogens with one attached hydrogen (secondary N) is 1. The van der Waals surface area contributed by atoms with Crippen molar-refractivity contribution in [3.8, 4) is 0 Å². The third kappa shape index (κ3) is 3.48. The zero-order valence-corrected chi connectivity index (χ0v) is 11.4. The smallest absolute Gasteiger partial charge is 0.0914 e. The summed E-state index contributed by atoms with van der Waals surface area (Å²) in [5.41, 5.74) is 0.977. The van der Waals surface area contributed by atoms with Gasteiger partial charge in [-0.2, -0.15) is 11.8 Å². The first-order valence-electron chi connectivity index (χ1n) is 6.17. The largest absolute Gasteiger partial charge is 0.387 e. The molecule has 0 aliphatic carbocycles. The highest BCUT2D eigenvalue weighted by Crippen LogP contribution is 2.19. The maximum Gasteiger partial charge on any atom is 0.0914 e. The van der Waals surface area contributed by atoms with E-state index in [1.165, 1.54) is 10.8 Å². The molecule has 18 heavy (non-hydrogen) atoms. The number of benzene rings is 2. The van der Waals surface area contributed by atoms with Crippen LogP contribution in [0.5, 0.6) is 0 Å². The maximum absolute atomic E-state index is 10.1. The van der Waals surface area contributed by atoms with Crippen LogP contribution in [0, 0.1) is 0 Å². The molecule has 0 bridgehead atoms. The first kappa shape index (κ1) is 13.4. The Balaban J connectivity index is 2.01. The summed E-state index contributed by atoms with van der Waals surface area (Å²) >= 11 is 1.81. The van der Waals surface area contributed by atoms with Crippen LogP contribution < -0.4 is 5.32 Å². The molecule has 1 unspecified atom stereocenters. The second kappa shape index (κ2) is 6.78. The molecule has 0 aliphatic heterocycles. The molecule has 0 saturated carbocycles. The quantitative estimate of drug-likeness (QED) is 0.784. The van der Waals surface area contributed by atoms with E-state index in [4.69, 9.17) is 0 Å².